The first-order chi connectivity index (χ1) is 20.5. The molecule has 224 valence electrons. The fourth-order valence-corrected chi connectivity index (χ4v) is 3.57. The quantitative estimate of drug-likeness (QED) is 0.106. The van der Waals surface area contributed by atoms with Crippen LogP contribution in [0.15, 0.2) is 0 Å². The van der Waals surface area contributed by atoms with Gasteiger partial charge in [0.25, 0.3) is 0 Å². The maximum atomic E-state index is 12.3. The van der Waals surface area contributed by atoms with Gasteiger partial charge in [-0.25, -0.2) is 4.79 Å². The summed E-state index contributed by atoms with van der Waals surface area (Å²) in [5, 5.41) is 23.8. The summed E-state index contributed by atoms with van der Waals surface area (Å²) in [5.41, 5.74) is 0. The Bertz CT molecular complexity index is 1400. The summed E-state index contributed by atoms with van der Waals surface area (Å²) in [4.78, 5) is 71.0. The topological polar surface area (TPSA) is 167 Å². The van der Waals surface area contributed by atoms with Crippen molar-refractivity contribution in [3.8, 4) is 71.5 Å². The minimum Gasteiger partial charge on any atom is -0.481 e. The highest BCUT2D eigenvalue weighted by atomic mass is 16.4. The van der Waals surface area contributed by atoms with E-state index in [-0.39, 0.29) is 43.3 Å². The van der Waals surface area contributed by atoms with E-state index in [1.807, 2.05) is 6.92 Å². The fraction of sp³-hybridized carbons (Fsp3) is 0.455. The van der Waals surface area contributed by atoms with Crippen molar-refractivity contribution in [3.05, 3.63) is 0 Å². The van der Waals surface area contributed by atoms with Crippen LogP contribution in [0.25, 0.3) is 0 Å². The van der Waals surface area contributed by atoms with Gasteiger partial charge in [0, 0.05) is 31.7 Å². The summed E-state index contributed by atoms with van der Waals surface area (Å²) >= 11 is 0. The zero-order valence-corrected chi connectivity index (χ0v) is 24.2. The zero-order valence-electron chi connectivity index (χ0n) is 24.2. The lowest BCUT2D eigenvalue weighted by Gasteiger charge is -2.16. The molecule has 0 aromatic heterocycles. The number of carboxylic acid groups (broad SMARTS) is 2. The molecule has 43 heavy (non-hydrogen) atoms. The number of carbonyl (C=O) groups is 6. The lowest BCUT2D eigenvalue weighted by molar-refractivity contribution is -0.144. The lowest BCUT2D eigenvalue weighted by atomic mass is 9.95. The van der Waals surface area contributed by atoms with E-state index in [1.165, 1.54) is 0 Å². The van der Waals surface area contributed by atoms with E-state index < -0.39 is 42.0 Å². The predicted molar refractivity (Wildman–Crippen MR) is 158 cm³/mol. The molecule has 0 rings (SSSR count). The molecule has 0 aromatic carbocycles. The van der Waals surface area contributed by atoms with Crippen LogP contribution in [-0.2, 0) is 28.8 Å². The van der Waals surface area contributed by atoms with Crippen LogP contribution >= 0.6 is 0 Å². The van der Waals surface area contributed by atoms with Crippen molar-refractivity contribution < 1.29 is 39.0 Å². The van der Waals surface area contributed by atoms with Crippen LogP contribution in [-0.4, -0.2) is 58.1 Å². The lowest BCUT2D eigenvalue weighted by Crippen LogP contribution is -2.41. The number of Topliss-reactive ketones (excluding diaryl/α,β-unsaturated/α-hetero) is 2. The molecule has 0 aliphatic carbocycles. The summed E-state index contributed by atoms with van der Waals surface area (Å²) in [7, 11) is 0. The molecule has 0 radical (unpaired) electrons. The summed E-state index contributed by atoms with van der Waals surface area (Å²) in [6.45, 7) is 3.90. The first-order valence-corrected chi connectivity index (χ1v) is 13.5. The number of terminal acetylenes is 1. The average molecular weight is 587 g/mol. The molecule has 10 nitrogen and oxygen atoms in total. The molecule has 3 atom stereocenters. The van der Waals surface area contributed by atoms with E-state index in [2.05, 4.69) is 75.8 Å². The molecule has 0 heterocycles. The number of amides is 2. The molecule has 2 amide bonds. The van der Waals surface area contributed by atoms with Crippen LogP contribution in [0.4, 0.5) is 0 Å². The first-order valence-electron chi connectivity index (χ1n) is 13.5. The smallest absolute Gasteiger partial charge is 0.326 e. The molecular weight excluding hydrogens is 552 g/mol. The Morgan fingerprint density at radius 2 is 1.30 bits per heavy atom. The summed E-state index contributed by atoms with van der Waals surface area (Å²) in [5.74, 6) is 19.7. The molecule has 0 aliphatic rings. The second-order valence-electron chi connectivity index (χ2n) is 9.15. The Labute approximate surface area is 252 Å². The highest BCUT2D eigenvalue weighted by Crippen LogP contribution is 2.14. The van der Waals surface area contributed by atoms with Crippen molar-refractivity contribution in [1.82, 2.24) is 10.6 Å². The second-order valence-corrected chi connectivity index (χ2v) is 9.15. The van der Waals surface area contributed by atoms with Gasteiger partial charge in [0.1, 0.15) is 11.8 Å². The second kappa shape index (κ2) is 23.3. The average Bonchev–Trinajstić information content (AvgIpc) is 2.95. The number of nitrogens with one attached hydrogen (secondary N) is 2. The number of carbonyl (C=O) groups excluding carboxylic acids is 4. The van der Waals surface area contributed by atoms with E-state index in [4.69, 9.17) is 6.42 Å². The number of hydrogen-bond acceptors (Lipinski definition) is 6. The molecule has 10 heteroatoms. The third-order valence-electron chi connectivity index (χ3n) is 5.94. The minimum atomic E-state index is -1.35. The number of carboxylic acids is 2. The summed E-state index contributed by atoms with van der Waals surface area (Å²) < 4.78 is 0. The normalized spacial score (nSPS) is 11.0. The van der Waals surface area contributed by atoms with Gasteiger partial charge in [0.15, 0.2) is 0 Å². The Morgan fingerprint density at radius 3 is 1.84 bits per heavy atom. The number of hydrogen-bond donors (Lipinski definition) is 4. The van der Waals surface area contributed by atoms with Crippen LogP contribution in [0.2, 0.25) is 0 Å². The molecule has 4 N–H and O–H groups in total. The Morgan fingerprint density at radius 1 is 0.721 bits per heavy atom. The zero-order chi connectivity index (χ0) is 32.5. The van der Waals surface area contributed by atoms with Crippen LogP contribution in [0, 0.1) is 83.4 Å². The van der Waals surface area contributed by atoms with E-state index in [0.29, 0.717) is 13.0 Å². The van der Waals surface area contributed by atoms with Crippen LogP contribution in [0.3, 0.4) is 0 Å². The van der Waals surface area contributed by atoms with Gasteiger partial charge in [-0.3, -0.25) is 24.0 Å². The third kappa shape index (κ3) is 20.2. The summed E-state index contributed by atoms with van der Waals surface area (Å²) in [6, 6.07) is -1.35. The molecule has 0 fully saturated rings. The predicted octanol–water partition coefficient (Wildman–Crippen LogP) is 1.33. The van der Waals surface area contributed by atoms with Gasteiger partial charge in [-0.15, -0.1) is 6.42 Å². The van der Waals surface area contributed by atoms with Crippen molar-refractivity contribution in [1.29, 1.82) is 0 Å². The number of aliphatic carboxylic acids is 2. The molecule has 0 saturated heterocycles. The summed E-state index contributed by atoms with van der Waals surface area (Å²) in [6.07, 6.45) is 6.51. The first kappa shape index (κ1) is 37.6. The Kier molecular flexibility index (Phi) is 20.4. The minimum absolute atomic E-state index is 0.0138. The number of unbranched alkanes of at least 4 members (excludes halogenated alkanes) is 1. The SMILES string of the molecule is C#CC#CC#CC#CC#CC#CC(=O)CC(CCC(=O)NC(CCC(=O)NCCCCC(CC)C(C)=O)C(=O)O)C(=O)O. The Balaban J connectivity index is 4.67. The van der Waals surface area contributed by atoms with Crippen LogP contribution in [0.5, 0.6) is 0 Å². The van der Waals surface area contributed by atoms with E-state index in [1.54, 1.807) is 6.92 Å². The molecule has 0 saturated carbocycles. The molecule has 3 unspecified atom stereocenters. The Hall–Kier alpha value is -5.42. The molecular formula is C33H34N2O8. The number of ketones is 2. The van der Waals surface area contributed by atoms with Gasteiger partial charge in [-0.05, 0) is 104 Å². The van der Waals surface area contributed by atoms with Gasteiger partial charge in [-0.2, -0.15) is 0 Å². The van der Waals surface area contributed by atoms with Crippen LogP contribution < -0.4 is 10.6 Å². The maximum Gasteiger partial charge on any atom is 0.326 e. The van der Waals surface area contributed by atoms with Gasteiger partial charge in [0.05, 0.1) is 5.92 Å². The number of rotatable bonds is 18. The maximum absolute atomic E-state index is 12.3. The van der Waals surface area contributed by atoms with Gasteiger partial charge >= 0.3 is 11.9 Å². The van der Waals surface area contributed by atoms with Gasteiger partial charge < -0.3 is 20.8 Å². The van der Waals surface area contributed by atoms with Crippen molar-refractivity contribution >= 4 is 35.3 Å². The van der Waals surface area contributed by atoms with Gasteiger partial charge in [0.2, 0.25) is 17.6 Å². The van der Waals surface area contributed by atoms with Crippen LogP contribution in [0.1, 0.15) is 71.6 Å². The standard InChI is InChI=1S/C33H34N2O8/c1-4-6-7-8-9-10-11-12-13-14-18-28(37)24-27(32(40)41)19-21-31(39)35-29(33(42)43)20-22-30(38)34-23-16-15-17-26(5-2)25(3)36/h1,26-27,29H,5,15-17,19-24H2,2-3H3,(H,34,38)(H,35,39)(H,40,41)(H,42,43). The third-order valence-corrected chi connectivity index (χ3v) is 5.94. The van der Waals surface area contributed by atoms with Crippen molar-refractivity contribution in [3.63, 3.8) is 0 Å². The van der Waals surface area contributed by atoms with E-state index in [0.717, 1.165) is 19.3 Å². The van der Waals surface area contributed by atoms with E-state index >= 15 is 0 Å². The van der Waals surface area contributed by atoms with E-state index in [9.17, 15) is 39.0 Å². The molecule has 0 aromatic rings. The fourth-order valence-electron chi connectivity index (χ4n) is 3.57. The molecule has 0 aliphatic heterocycles. The molecule has 0 bridgehead atoms. The van der Waals surface area contributed by atoms with Gasteiger partial charge in [-0.1, -0.05) is 13.3 Å². The van der Waals surface area contributed by atoms with Crippen molar-refractivity contribution in [2.75, 3.05) is 6.54 Å². The largest absolute Gasteiger partial charge is 0.481 e. The van der Waals surface area contributed by atoms with Crippen molar-refractivity contribution in [2.45, 2.75) is 77.7 Å². The van der Waals surface area contributed by atoms with Crippen molar-refractivity contribution in [2.24, 2.45) is 11.8 Å². The molecule has 0 spiro atoms. The highest BCUT2D eigenvalue weighted by Gasteiger charge is 2.24. The monoisotopic (exact) mass is 586 g/mol. The highest BCUT2D eigenvalue weighted by molar-refractivity contribution is 5.98.